The molecule has 0 aromatic carbocycles. The lowest BCUT2D eigenvalue weighted by molar-refractivity contribution is 0.327. The average molecular weight is 227 g/mol. The highest BCUT2D eigenvalue weighted by Crippen LogP contribution is 2.25. The Morgan fingerprint density at radius 1 is 1.53 bits per heavy atom. The van der Waals surface area contributed by atoms with Crippen LogP contribution in [-0.4, -0.2) is 21.3 Å². The minimum Gasteiger partial charge on any atom is -0.465 e. The van der Waals surface area contributed by atoms with Crippen molar-refractivity contribution in [3.8, 4) is 0 Å². The van der Waals surface area contributed by atoms with Gasteiger partial charge in [0.15, 0.2) is 0 Å². The molecule has 0 bridgehead atoms. The molecule has 15 heavy (non-hydrogen) atoms. The minimum absolute atomic E-state index is 0.0749. The predicted octanol–water partition coefficient (Wildman–Crippen LogP) is 1.76. The molecule has 1 aromatic rings. The van der Waals surface area contributed by atoms with Gasteiger partial charge in [0.1, 0.15) is 11.5 Å². The highest BCUT2D eigenvalue weighted by Gasteiger charge is 2.33. The second-order valence-electron chi connectivity index (χ2n) is 4.78. The van der Waals surface area contributed by atoms with Crippen LogP contribution in [0.5, 0.6) is 0 Å². The van der Waals surface area contributed by atoms with Crippen molar-refractivity contribution in [3.63, 3.8) is 0 Å². The third-order valence-electron chi connectivity index (χ3n) is 2.54. The zero-order chi connectivity index (χ0) is 11.1. The Hall–Kier alpha value is -0.610. The van der Waals surface area contributed by atoms with Gasteiger partial charge in [-0.15, -0.1) is 0 Å². The fraction of sp³-hybridized carbons (Fsp3) is 0.636. The molecular formula is C11H17NO2S. The number of hydrogen-bond acceptors (Lipinski definition) is 3. The summed E-state index contributed by atoms with van der Waals surface area (Å²) in [7, 11) is -0.753. The number of aryl methyl sites for hydroxylation is 1. The summed E-state index contributed by atoms with van der Waals surface area (Å²) in [5.41, 5.74) is -0.0749. The molecule has 2 atom stereocenters. The van der Waals surface area contributed by atoms with Crippen molar-refractivity contribution in [3.05, 3.63) is 23.7 Å². The Bertz CT molecular complexity index is 384. The molecule has 0 aliphatic carbocycles. The first-order valence-electron chi connectivity index (χ1n) is 5.15. The monoisotopic (exact) mass is 227 g/mol. The van der Waals surface area contributed by atoms with Crippen LogP contribution in [0.1, 0.15) is 31.4 Å². The summed E-state index contributed by atoms with van der Waals surface area (Å²) in [6.45, 7) is 6.08. The van der Waals surface area contributed by atoms with Crippen molar-refractivity contribution in [2.75, 3.05) is 11.5 Å². The van der Waals surface area contributed by atoms with Crippen molar-refractivity contribution < 1.29 is 8.63 Å². The zero-order valence-electron chi connectivity index (χ0n) is 9.37. The maximum atomic E-state index is 11.7. The molecule has 3 nitrogen and oxygen atoms in total. The van der Waals surface area contributed by atoms with E-state index in [1.165, 1.54) is 0 Å². The summed E-state index contributed by atoms with van der Waals surface area (Å²) in [4.78, 5) is 0. The van der Waals surface area contributed by atoms with Gasteiger partial charge in [0.05, 0.1) is 6.04 Å². The molecule has 1 aliphatic rings. The van der Waals surface area contributed by atoms with Gasteiger partial charge in [-0.2, -0.15) is 0 Å². The van der Waals surface area contributed by atoms with E-state index in [9.17, 15) is 4.21 Å². The van der Waals surface area contributed by atoms with E-state index in [0.717, 1.165) is 11.5 Å². The molecule has 2 heterocycles. The van der Waals surface area contributed by atoms with Gasteiger partial charge in [-0.25, -0.2) is 0 Å². The maximum absolute atomic E-state index is 11.7. The van der Waals surface area contributed by atoms with Crippen LogP contribution in [0.25, 0.3) is 0 Å². The van der Waals surface area contributed by atoms with Gasteiger partial charge < -0.3 is 9.73 Å². The molecule has 0 spiro atoms. The third-order valence-corrected chi connectivity index (χ3v) is 4.29. The Labute approximate surface area is 92.7 Å². The Morgan fingerprint density at radius 2 is 2.27 bits per heavy atom. The van der Waals surface area contributed by atoms with Crippen LogP contribution in [0.2, 0.25) is 0 Å². The molecule has 1 aromatic heterocycles. The number of nitrogens with one attached hydrogen (secondary N) is 1. The fourth-order valence-electron chi connectivity index (χ4n) is 2.00. The van der Waals surface area contributed by atoms with Crippen LogP contribution < -0.4 is 5.32 Å². The van der Waals surface area contributed by atoms with E-state index < -0.39 is 10.8 Å². The van der Waals surface area contributed by atoms with Gasteiger partial charge in [0.2, 0.25) is 0 Å². The van der Waals surface area contributed by atoms with Crippen LogP contribution >= 0.6 is 0 Å². The second-order valence-corrected chi connectivity index (χ2v) is 6.28. The quantitative estimate of drug-likeness (QED) is 0.795. The normalized spacial score (nSPS) is 30.3. The average Bonchev–Trinajstić information content (AvgIpc) is 2.48. The Kier molecular flexibility index (Phi) is 2.73. The molecule has 0 amide bonds. The Morgan fingerprint density at radius 3 is 2.80 bits per heavy atom. The van der Waals surface area contributed by atoms with Crippen molar-refractivity contribution in [2.45, 2.75) is 32.4 Å². The zero-order valence-corrected chi connectivity index (χ0v) is 10.2. The molecule has 1 N–H and O–H groups in total. The van der Waals surface area contributed by atoms with Crippen molar-refractivity contribution in [2.24, 2.45) is 0 Å². The lowest BCUT2D eigenvalue weighted by Crippen LogP contribution is -2.52. The molecule has 4 heteroatoms. The largest absolute Gasteiger partial charge is 0.465 e. The molecule has 1 fully saturated rings. The van der Waals surface area contributed by atoms with Crippen molar-refractivity contribution >= 4 is 10.8 Å². The molecule has 2 unspecified atom stereocenters. The van der Waals surface area contributed by atoms with E-state index >= 15 is 0 Å². The number of furan rings is 1. The molecule has 0 radical (unpaired) electrons. The molecule has 1 saturated heterocycles. The second kappa shape index (κ2) is 3.76. The van der Waals surface area contributed by atoms with Gasteiger partial charge >= 0.3 is 0 Å². The van der Waals surface area contributed by atoms with Gasteiger partial charge in [-0.05, 0) is 32.9 Å². The van der Waals surface area contributed by atoms with E-state index in [2.05, 4.69) is 19.2 Å². The van der Waals surface area contributed by atoms with Crippen molar-refractivity contribution in [1.82, 2.24) is 5.32 Å². The highest BCUT2D eigenvalue weighted by atomic mass is 32.2. The standard InChI is InChI=1S/C11H17NO2S/c1-8-4-5-10(14-8)9-6-15(13)7-11(2,3)12-9/h4-5,9,12H,6-7H2,1-3H3. The van der Waals surface area contributed by atoms with Crippen LogP contribution in [0.15, 0.2) is 16.5 Å². The molecule has 0 saturated carbocycles. The van der Waals surface area contributed by atoms with Crippen molar-refractivity contribution in [1.29, 1.82) is 0 Å². The molecule has 2 rings (SSSR count). The highest BCUT2D eigenvalue weighted by molar-refractivity contribution is 7.85. The first-order valence-corrected chi connectivity index (χ1v) is 6.64. The SMILES string of the molecule is Cc1ccc(C2CS(=O)CC(C)(C)N2)o1. The predicted molar refractivity (Wildman–Crippen MR) is 61.3 cm³/mol. The molecule has 84 valence electrons. The summed E-state index contributed by atoms with van der Waals surface area (Å²) < 4.78 is 17.3. The van der Waals surface area contributed by atoms with E-state index in [0.29, 0.717) is 11.5 Å². The van der Waals surface area contributed by atoms with Gasteiger partial charge in [0, 0.05) is 27.8 Å². The maximum Gasteiger partial charge on any atom is 0.122 e. The van der Waals surface area contributed by atoms with Crippen LogP contribution in [0.3, 0.4) is 0 Å². The number of rotatable bonds is 1. The Balaban J connectivity index is 2.19. The van der Waals surface area contributed by atoms with Crippen LogP contribution in [-0.2, 0) is 10.8 Å². The third kappa shape index (κ3) is 2.49. The summed E-state index contributed by atoms with van der Waals surface area (Å²) >= 11 is 0. The van der Waals surface area contributed by atoms with E-state index in [1.54, 1.807) is 0 Å². The summed E-state index contributed by atoms with van der Waals surface area (Å²) in [6, 6.07) is 4.00. The fourth-order valence-corrected chi connectivity index (χ4v) is 3.62. The van der Waals surface area contributed by atoms with Crippen LogP contribution in [0.4, 0.5) is 0 Å². The van der Waals surface area contributed by atoms with Crippen LogP contribution in [0, 0.1) is 6.92 Å². The number of hydrogen-bond donors (Lipinski definition) is 1. The van der Waals surface area contributed by atoms with Gasteiger partial charge in [0.25, 0.3) is 0 Å². The van der Waals surface area contributed by atoms with E-state index in [-0.39, 0.29) is 11.6 Å². The smallest absolute Gasteiger partial charge is 0.122 e. The summed E-state index contributed by atoms with van der Waals surface area (Å²) in [5, 5.41) is 3.47. The van der Waals surface area contributed by atoms with Gasteiger partial charge in [-0.1, -0.05) is 0 Å². The molecule has 1 aliphatic heterocycles. The van der Waals surface area contributed by atoms with E-state index in [1.807, 2.05) is 19.1 Å². The van der Waals surface area contributed by atoms with Gasteiger partial charge in [-0.3, -0.25) is 4.21 Å². The lowest BCUT2D eigenvalue weighted by Gasteiger charge is -2.35. The minimum atomic E-state index is -0.753. The summed E-state index contributed by atoms with van der Waals surface area (Å²) in [5.74, 6) is 3.16. The summed E-state index contributed by atoms with van der Waals surface area (Å²) in [6.07, 6.45) is 0. The first kappa shape index (κ1) is 10.9. The first-order chi connectivity index (χ1) is 6.96. The van der Waals surface area contributed by atoms with E-state index in [4.69, 9.17) is 4.42 Å². The molecular weight excluding hydrogens is 210 g/mol. The topological polar surface area (TPSA) is 42.2 Å². The lowest BCUT2D eigenvalue weighted by atomic mass is 10.1.